The minimum atomic E-state index is -0.0331. The minimum Gasteiger partial charge on any atom is -0.497 e. The first-order chi connectivity index (χ1) is 16.2. The Balaban J connectivity index is 1.53. The summed E-state index contributed by atoms with van der Waals surface area (Å²) in [5, 5.41) is 13.0. The molecule has 4 rings (SSSR count). The first-order valence-corrected chi connectivity index (χ1v) is 11.8. The van der Waals surface area contributed by atoms with Gasteiger partial charge in [0.2, 0.25) is 5.91 Å². The number of hydrogen-bond donors (Lipinski definition) is 2. The van der Waals surface area contributed by atoms with Gasteiger partial charge in [-0.2, -0.15) is 5.26 Å². The van der Waals surface area contributed by atoms with Crippen molar-refractivity contribution in [1.29, 1.82) is 5.26 Å². The molecule has 6 heteroatoms. The van der Waals surface area contributed by atoms with E-state index in [2.05, 4.69) is 28.5 Å². The van der Waals surface area contributed by atoms with E-state index in [1.165, 1.54) is 0 Å². The Kier molecular flexibility index (Phi) is 7.33. The fraction of sp³-hybridized carbons (Fsp3) is 0.185. The van der Waals surface area contributed by atoms with Crippen LogP contribution in [-0.2, 0) is 11.2 Å². The van der Waals surface area contributed by atoms with Crippen LogP contribution in [0.15, 0.2) is 77.7 Å². The van der Waals surface area contributed by atoms with Crippen LogP contribution in [0.5, 0.6) is 5.75 Å². The second-order valence-corrected chi connectivity index (χ2v) is 8.69. The molecule has 166 valence electrons. The Morgan fingerprint density at radius 3 is 2.61 bits per heavy atom. The van der Waals surface area contributed by atoms with Crippen molar-refractivity contribution in [2.24, 2.45) is 0 Å². The van der Waals surface area contributed by atoms with Gasteiger partial charge in [-0.15, -0.1) is 11.8 Å². The number of fused-ring (bicyclic) bond motifs is 1. The summed E-state index contributed by atoms with van der Waals surface area (Å²) < 4.78 is 5.29. The van der Waals surface area contributed by atoms with Gasteiger partial charge in [-0.25, -0.2) is 0 Å². The quantitative estimate of drug-likeness (QED) is 0.225. The van der Waals surface area contributed by atoms with Crippen molar-refractivity contribution in [2.45, 2.75) is 24.2 Å². The molecule has 4 aromatic rings. The average Bonchev–Trinajstić information content (AvgIpc) is 3.22. The molecule has 0 fully saturated rings. The molecule has 0 aliphatic heterocycles. The first kappa shape index (κ1) is 22.5. The summed E-state index contributed by atoms with van der Waals surface area (Å²) >= 11 is 1.58. The van der Waals surface area contributed by atoms with Crippen LogP contribution in [0.3, 0.4) is 0 Å². The lowest BCUT2D eigenvalue weighted by Gasteiger charge is -2.11. The topological polar surface area (TPSA) is 77.9 Å². The van der Waals surface area contributed by atoms with Crippen molar-refractivity contribution in [3.05, 3.63) is 78.4 Å². The number of thioether (sulfide) groups is 1. The van der Waals surface area contributed by atoms with Crippen LogP contribution in [-0.4, -0.2) is 23.8 Å². The summed E-state index contributed by atoms with van der Waals surface area (Å²) in [4.78, 5) is 17.4. The second-order valence-electron chi connectivity index (χ2n) is 7.55. The number of rotatable bonds is 9. The molecule has 2 N–H and O–H groups in total. The number of hydrogen-bond acceptors (Lipinski definition) is 4. The fourth-order valence-electron chi connectivity index (χ4n) is 3.82. The predicted octanol–water partition coefficient (Wildman–Crippen LogP) is 6.42. The van der Waals surface area contributed by atoms with Crippen molar-refractivity contribution in [3.8, 4) is 23.1 Å². The van der Waals surface area contributed by atoms with Gasteiger partial charge in [-0.05, 0) is 60.0 Å². The maximum absolute atomic E-state index is 12.9. The predicted molar refractivity (Wildman–Crippen MR) is 135 cm³/mol. The molecule has 1 aromatic heterocycles. The monoisotopic (exact) mass is 455 g/mol. The van der Waals surface area contributed by atoms with Gasteiger partial charge >= 0.3 is 0 Å². The molecule has 0 aliphatic carbocycles. The molecule has 0 unspecified atom stereocenters. The number of aromatic amines is 1. The Bertz CT molecular complexity index is 1290. The molecule has 0 bridgehead atoms. The molecule has 0 atom stereocenters. The van der Waals surface area contributed by atoms with Crippen molar-refractivity contribution in [1.82, 2.24) is 4.98 Å². The van der Waals surface area contributed by atoms with E-state index in [-0.39, 0.29) is 5.91 Å². The lowest BCUT2D eigenvalue weighted by Crippen LogP contribution is -2.13. The smallest absolute Gasteiger partial charge is 0.224 e. The number of benzene rings is 3. The van der Waals surface area contributed by atoms with Gasteiger partial charge in [0.1, 0.15) is 5.75 Å². The summed E-state index contributed by atoms with van der Waals surface area (Å²) in [5.74, 6) is 1.47. The molecule has 0 saturated heterocycles. The summed E-state index contributed by atoms with van der Waals surface area (Å²) in [6.07, 6.45) is 1.45. The van der Waals surface area contributed by atoms with Gasteiger partial charge in [0.15, 0.2) is 0 Å². The average molecular weight is 456 g/mol. The molecule has 0 spiro atoms. The van der Waals surface area contributed by atoms with Crippen LogP contribution in [0.2, 0.25) is 0 Å². The fourth-order valence-corrected chi connectivity index (χ4v) is 4.68. The molecular formula is C27H25N3O2S. The van der Waals surface area contributed by atoms with E-state index in [0.717, 1.165) is 44.1 Å². The number of anilines is 1. The van der Waals surface area contributed by atoms with Gasteiger partial charge in [-0.1, -0.05) is 30.3 Å². The van der Waals surface area contributed by atoms with Crippen LogP contribution in [0, 0.1) is 11.3 Å². The van der Waals surface area contributed by atoms with Crippen LogP contribution in [0.1, 0.15) is 18.4 Å². The van der Waals surface area contributed by atoms with Crippen molar-refractivity contribution < 1.29 is 9.53 Å². The Hall–Kier alpha value is -3.69. The molecule has 33 heavy (non-hydrogen) atoms. The highest BCUT2D eigenvalue weighted by Crippen LogP contribution is 2.33. The van der Waals surface area contributed by atoms with E-state index in [1.54, 1.807) is 18.9 Å². The Labute approximate surface area is 197 Å². The molecule has 1 heterocycles. The Morgan fingerprint density at radius 1 is 1.06 bits per heavy atom. The second kappa shape index (κ2) is 10.8. The van der Waals surface area contributed by atoms with E-state index in [1.807, 2.05) is 60.7 Å². The van der Waals surface area contributed by atoms with E-state index in [9.17, 15) is 4.79 Å². The minimum absolute atomic E-state index is 0.0331. The standard InChI is InChI=1S/C27H25N3O2S/c1-32-20-13-11-19(12-14-20)27-22(21-7-2-3-8-23(21)30-27)15-16-26(31)29-24-9-4-5-10-25(24)33-18-6-17-28/h2-5,7-14,30H,6,15-16,18H2,1H3,(H,29,31). The third-order valence-electron chi connectivity index (χ3n) is 5.43. The molecular weight excluding hydrogens is 430 g/mol. The number of methoxy groups -OCH3 is 1. The largest absolute Gasteiger partial charge is 0.497 e. The summed E-state index contributed by atoms with van der Waals surface area (Å²) in [6.45, 7) is 0. The van der Waals surface area contributed by atoms with Crippen LogP contribution in [0.25, 0.3) is 22.2 Å². The highest BCUT2D eigenvalue weighted by molar-refractivity contribution is 7.99. The number of H-pyrrole nitrogens is 1. The van der Waals surface area contributed by atoms with Gasteiger partial charge in [0.05, 0.1) is 18.9 Å². The number of nitrogens with zero attached hydrogens (tertiary/aromatic N) is 1. The normalized spacial score (nSPS) is 10.7. The number of carbonyl (C=O) groups is 1. The number of aromatic nitrogens is 1. The van der Waals surface area contributed by atoms with Crippen molar-refractivity contribution >= 4 is 34.3 Å². The van der Waals surface area contributed by atoms with E-state index < -0.39 is 0 Å². The molecule has 3 aromatic carbocycles. The van der Waals surface area contributed by atoms with Crippen molar-refractivity contribution in [3.63, 3.8) is 0 Å². The SMILES string of the molecule is COc1ccc(-c2[nH]c3ccccc3c2CCC(=O)Nc2ccccc2SCCC#N)cc1. The van der Waals surface area contributed by atoms with E-state index in [0.29, 0.717) is 25.0 Å². The lowest BCUT2D eigenvalue weighted by molar-refractivity contribution is -0.116. The maximum atomic E-state index is 12.9. The molecule has 1 amide bonds. The third kappa shape index (κ3) is 5.39. The number of ether oxygens (including phenoxy) is 1. The van der Waals surface area contributed by atoms with Crippen LogP contribution < -0.4 is 10.1 Å². The third-order valence-corrected chi connectivity index (χ3v) is 6.50. The maximum Gasteiger partial charge on any atom is 0.224 e. The van der Waals surface area contributed by atoms with Crippen LogP contribution >= 0.6 is 11.8 Å². The van der Waals surface area contributed by atoms with Gasteiger partial charge in [0.25, 0.3) is 0 Å². The molecule has 0 radical (unpaired) electrons. The number of nitriles is 1. The van der Waals surface area contributed by atoms with Crippen LogP contribution in [0.4, 0.5) is 5.69 Å². The number of nitrogens with one attached hydrogen (secondary N) is 2. The zero-order valence-electron chi connectivity index (χ0n) is 18.4. The van der Waals surface area contributed by atoms with Gasteiger partial charge in [-0.3, -0.25) is 4.79 Å². The summed E-state index contributed by atoms with van der Waals surface area (Å²) in [5.41, 5.74) is 5.06. The van der Waals surface area contributed by atoms with E-state index >= 15 is 0 Å². The Morgan fingerprint density at radius 2 is 1.82 bits per heavy atom. The number of para-hydroxylation sites is 2. The van der Waals surface area contributed by atoms with Crippen molar-refractivity contribution in [2.75, 3.05) is 18.2 Å². The molecule has 0 saturated carbocycles. The zero-order chi connectivity index (χ0) is 23.0. The molecule has 0 aliphatic rings. The lowest BCUT2D eigenvalue weighted by atomic mass is 10.0. The summed E-state index contributed by atoms with van der Waals surface area (Å²) in [6, 6.07) is 26.0. The van der Waals surface area contributed by atoms with Gasteiger partial charge < -0.3 is 15.0 Å². The summed E-state index contributed by atoms with van der Waals surface area (Å²) in [7, 11) is 1.65. The highest BCUT2D eigenvalue weighted by Gasteiger charge is 2.15. The zero-order valence-corrected chi connectivity index (χ0v) is 19.2. The van der Waals surface area contributed by atoms with E-state index in [4.69, 9.17) is 10.00 Å². The first-order valence-electron chi connectivity index (χ1n) is 10.8. The number of amides is 1. The number of carbonyl (C=O) groups excluding carboxylic acids is 1. The van der Waals surface area contributed by atoms with Gasteiger partial charge in [0, 0.05) is 40.1 Å². The number of aryl methyl sites for hydroxylation is 1. The molecule has 5 nitrogen and oxygen atoms in total. The highest BCUT2D eigenvalue weighted by atomic mass is 32.2.